The average Bonchev–Trinajstić information content (AvgIpc) is 2.74. The van der Waals surface area contributed by atoms with Crippen LogP contribution in [0.25, 0.3) is 0 Å². The maximum absolute atomic E-state index is 11.1. The van der Waals surface area contributed by atoms with E-state index in [1.807, 2.05) is 0 Å². The lowest BCUT2D eigenvalue weighted by Gasteiger charge is -2.22. The van der Waals surface area contributed by atoms with Gasteiger partial charge in [-0.05, 0) is 12.8 Å². The number of aromatic nitrogens is 2. The summed E-state index contributed by atoms with van der Waals surface area (Å²) in [5, 5.41) is 6.96. The first kappa shape index (κ1) is 10.8. The van der Waals surface area contributed by atoms with E-state index in [0.717, 1.165) is 37.3 Å². The zero-order valence-corrected chi connectivity index (χ0v) is 9.33. The second-order valence-electron chi connectivity index (χ2n) is 3.66. The molecule has 1 aliphatic rings. The van der Waals surface area contributed by atoms with Crippen LogP contribution in [0.1, 0.15) is 18.7 Å². The number of rotatable bonds is 4. The highest BCUT2D eigenvalue weighted by Crippen LogP contribution is 2.08. The molecule has 0 atom stereocenters. The molecule has 1 fully saturated rings. The predicted molar refractivity (Wildman–Crippen MR) is 56.9 cm³/mol. The standard InChI is InChI=1S/C9H15N3O2S/c13-15-5-2-8(3-6-15)10-4-1-9-11-7-12-14-9/h7-8,10H,1-6H2. The zero-order chi connectivity index (χ0) is 10.5. The summed E-state index contributed by atoms with van der Waals surface area (Å²) in [5.74, 6) is 2.33. The lowest BCUT2D eigenvalue weighted by molar-refractivity contribution is 0.369. The second kappa shape index (κ2) is 5.37. The molecule has 2 rings (SSSR count). The summed E-state index contributed by atoms with van der Waals surface area (Å²) in [6.07, 6.45) is 4.20. The minimum Gasteiger partial charge on any atom is -0.340 e. The van der Waals surface area contributed by atoms with E-state index in [0.29, 0.717) is 11.9 Å². The van der Waals surface area contributed by atoms with Gasteiger partial charge in [-0.15, -0.1) is 0 Å². The van der Waals surface area contributed by atoms with E-state index in [1.165, 1.54) is 6.33 Å². The molecule has 15 heavy (non-hydrogen) atoms. The molecule has 0 aliphatic carbocycles. The van der Waals surface area contributed by atoms with Gasteiger partial charge in [0.05, 0.1) is 0 Å². The fourth-order valence-electron chi connectivity index (χ4n) is 1.69. The first-order chi connectivity index (χ1) is 7.34. The third-order valence-electron chi connectivity index (χ3n) is 2.57. The van der Waals surface area contributed by atoms with E-state index in [-0.39, 0.29) is 0 Å². The molecule has 0 spiro atoms. The topological polar surface area (TPSA) is 68.0 Å². The lowest BCUT2D eigenvalue weighted by atomic mass is 10.1. The van der Waals surface area contributed by atoms with E-state index < -0.39 is 10.8 Å². The van der Waals surface area contributed by atoms with Crippen molar-refractivity contribution in [2.75, 3.05) is 18.1 Å². The Kier molecular flexibility index (Phi) is 3.85. The molecule has 0 bridgehead atoms. The minimum absolute atomic E-state index is 0.505. The van der Waals surface area contributed by atoms with Crippen molar-refractivity contribution < 1.29 is 8.73 Å². The molecule has 0 aromatic carbocycles. The number of nitrogens with one attached hydrogen (secondary N) is 1. The van der Waals surface area contributed by atoms with Crippen LogP contribution < -0.4 is 5.32 Å². The van der Waals surface area contributed by atoms with Crippen LogP contribution in [-0.2, 0) is 17.2 Å². The van der Waals surface area contributed by atoms with E-state index in [1.54, 1.807) is 0 Å². The lowest BCUT2D eigenvalue weighted by Crippen LogP contribution is -2.36. The molecule has 6 heteroatoms. The molecule has 1 aliphatic heterocycles. The van der Waals surface area contributed by atoms with Crippen LogP contribution in [0, 0.1) is 0 Å². The Morgan fingerprint density at radius 2 is 2.33 bits per heavy atom. The van der Waals surface area contributed by atoms with Crippen LogP contribution in [0.4, 0.5) is 0 Å². The Labute approximate surface area is 91.1 Å². The molecule has 2 heterocycles. The summed E-state index contributed by atoms with van der Waals surface area (Å²) >= 11 is 0. The van der Waals surface area contributed by atoms with Crippen molar-refractivity contribution >= 4 is 10.8 Å². The van der Waals surface area contributed by atoms with Crippen molar-refractivity contribution in [1.82, 2.24) is 15.5 Å². The van der Waals surface area contributed by atoms with Gasteiger partial charge >= 0.3 is 0 Å². The van der Waals surface area contributed by atoms with Gasteiger partial charge in [-0.2, -0.15) is 4.98 Å². The van der Waals surface area contributed by atoms with E-state index in [2.05, 4.69) is 15.5 Å². The van der Waals surface area contributed by atoms with Crippen LogP contribution in [0.2, 0.25) is 0 Å². The number of hydrogen-bond acceptors (Lipinski definition) is 5. The van der Waals surface area contributed by atoms with Crippen molar-refractivity contribution in [2.24, 2.45) is 0 Å². The summed E-state index contributed by atoms with van der Waals surface area (Å²) in [6, 6.07) is 0.505. The Morgan fingerprint density at radius 3 is 3.00 bits per heavy atom. The van der Waals surface area contributed by atoms with Gasteiger partial charge in [-0.25, -0.2) is 0 Å². The van der Waals surface area contributed by atoms with Gasteiger partial charge in [0.15, 0.2) is 6.33 Å². The largest absolute Gasteiger partial charge is 0.340 e. The summed E-state index contributed by atoms with van der Waals surface area (Å²) in [5.41, 5.74) is 0. The summed E-state index contributed by atoms with van der Waals surface area (Å²) in [4.78, 5) is 3.94. The average molecular weight is 229 g/mol. The van der Waals surface area contributed by atoms with Crippen LogP contribution in [0.3, 0.4) is 0 Å². The fraction of sp³-hybridized carbons (Fsp3) is 0.778. The van der Waals surface area contributed by atoms with Crippen molar-refractivity contribution in [3.05, 3.63) is 12.2 Å². The molecular formula is C9H15N3O2S. The number of nitrogens with zero attached hydrogens (tertiary/aromatic N) is 2. The highest BCUT2D eigenvalue weighted by molar-refractivity contribution is 7.85. The molecule has 84 valence electrons. The fourth-order valence-corrected chi connectivity index (χ4v) is 2.99. The van der Waals surface area contributed by atoms with Crippen molar-refractivity contribution in [2.45, 2.75) is 25.3 Å². The Morgan fingerprint density at radius 1 is 1.53 bits per heavy atom. The third-order valence-corrected chi connectivity index (χ3v) is 3.95. The quantitative estimate of drug-likeness (QED) is 0.794. The Hall–Kier alpha value is -0.750. The van der Waals surface area contributed by atoms with Gasteiger partial charge in [0.2, 0.25) is 5.89 Å². The minimum atomic E-state index is -0.577. The molecule has 1 N–H and O–H groups in total. The van der Waals surface area contributed by atoms with Crippen LogP contribution in [0.15, 0.2) is 10.9 Å². The summed E-state index contributed by atoms with van der Waals surface area (Å²) in [6.45, 7) is 0.847. The van der Waals surface area contributed by atoms with Crippen molar-refractivity contribution in [1.29, 1.82) is 0 Å². The number of hydrogen-bond donors (Lipinski definition) is 1. The van der Waals surface area contributed by atoms with Crippen molar-refractivity contribution in [3.63, 3.8) is 0 Å². The maximum Gasteiger partial charge on any atom is 0.227 e. The summed E-state index contributed by atoms with van der Waals surface area (Å²) < 4.78 is 16.0. The van der Waals surface area contributed by atoms with Gasteiger partial charge in [-0.1, -0.05) is 5.16 Å². The van der Waals surface area contributed by atoms with Gasteiger partial charge in [0.1, 0.15) is 0 Å². The van der Waals surface area contributed by atoms with Gasteiger partial charge in [0, 0.05) is 41.3 Å². The van der Waals surface area contributed by atoms with Gasteiger partial charge in [0.25, 0.3) is 0 Å². The molecule has 1 saturated heterocycles. The molecule has 0 unspecified atom stereocenters. The van der Waals surface area contributed by atoms with E-state index in [4.69, 9.17) is 4.52 Å². The van der Waals surface area contributed by atoms with Crippen LogP contribution in [-0.4, -0.2) is 38.4 Å². The maximum atomic E-state index is 11.1. The SMILES string of the molecule is O=S1CCC(NCCc2ncno2)CC1. The predicted octanol–water partition coefficient (Wildman–Crippen LogP) is 0.113. The van der Waals surface area contributed by atoms with Gasteiger partial charge < -0.3 is 9.84 Å². The second-order valence-corrected chi connectivity index (χ2v) is 5.36. The Balaban J connectivity index is 1.64. The molecular weight excluding hydrogens is 214 g/mol. The zero-order valence-electron chi connectivity index (χ0n) is 8.52. The third kappa shape index (κ3) is 3.39. The molecule has 0 amide bonds. The molecule has 0 radical (unpaired) electrons. The summed E-state index contributed by atoms with van der Waals surface area (Å²) in [7, 11) is -0.577. The first-order valence-corrected chi connectivity index (χ1v) is 6.67. The van der Waals surface area contributed by atoms with Crippen molar-refractivity contribution in [3.8, 4) is 0 Å². The van der Waals surface area contributed by atoms with E-state index >= 15 is 0 Å². The first-order valence-electron chi connectivity index (χ1n) is 5.18. The molecule has 0 saturated carbocycles. The van der Waals surface area contributed by atoms with Crippen LogP contribution in [0.5, 0.6) is 0 Å². The molecule has 5 nitrogen and oxygen atoms in total. The monoisotopic (exact) mass is 229 g/mol. The molecule has 1 aromatic heterocycles. The van der Waals surface area contributed by atoms with Crippen LogP contribution >= 0.6 is 0 Å². The van der Waals surface area contributed by atoms with E-state index in [9.17, 15) is 4.21 Å². The highest BCUT2D eigenvalue weighted by atomic mass is 32.2. The smallest absolute Gasteiger partial charge is 0.227 e. The Bertz CT molecular complexity index is 305. The highest BCUT2D eigenvalue weighted by Gasteiger charge is 2.16. The molecule has 1 aromatic rings. The van der Waals surface area contributed by atoms with Gasteiger partial charge in [-0.3, -0.25) is 4.21 Å². The normalized spacial score (nSPS) is 26.7.